The van der Waals surface area contributed by atoms with Crippen molar-refractivity contribution in [3.8, 4) is 5.75 Å². The topological polar surface area (TPSA) is 70.1 Å². The number of thiophene rings is 1. The lowest BCUT2D eigenvalue weighted by atomic mass is 9.98. The molecule has 28 heavy (non-hydrogen) atoms. The Balaban J connectivity index is 1.79. The predicted molar refractivity (Wildman–Crippen MR) is 108 cm³/mol. The number of nitrogens with zero attached hydrogens (tertiary/aromatic N) is 2. The van der Waals surface area contributed by atoms with E-state index in [0.717, 1.165) is 22.6 Å². The standard InChI is InChI=1S/C21H22N2O4S/c1-22(2)8-9-23-18(16-4-3-11-28-16)17(20(25)21(23)26)19(24)14-5-6-15-13(12-14)7-10-27-15/h3-6,11-12,18,24H,7-10H2,1-2H3/b19-17-. The molecule has 4 rings (SSSR count). The van der Waals surface area contributed by atoms with Gasteiger partial charge in [-0.2, -0.15) is 0 Å². The summed E-state index contributed by atoms with van der Waals surface area (Å²) in [5, 5.41) is 12.9. The van der Waals surface area contributed by atoms with Gasteiger partial charge in [0, 0.05) is 30.0 Å². The number of aliphatic hydroxyl groups is 1. The van der Waals surface area contributed by atoms with E-state index in [1.807, 2.05) is 42.6 Å². The minimum absolute atomic E-state index is 0.126. The number of ether oxygens (including phenoxy) is 1. The molecule has 2 aromatic rings. The third kappa shape index (κ3) is 3.21. The van der Waals surface area contributed by atoms with E-state index in [4.69, 9.17) is 4.74 Å². The number of amides is 1. The molecule has 2 aliphatic heterocycles. The van der Waals surface area contributed by atoms with E-state index in [1.54, 1.807) is 17.0 Å². The van der Waals surface area contributed by atoms with Crippen molar-refractivity contribution in [3.63, 3.8) is 0 Å². The molecule has 0 saturated carbocycles. The summed E-state index contributed by atoms with van der Waals surface area (Å²) >= 11 is 1.47. The molecule has 2 aliphatic rings. The maximum absolute atomic E-state index is 12.9. The first-order valence-electron chi connectivity index (χ1n) is 9.20. The highest BCUT2D eigenvalue weighted by Gasteiger charge is 2.46. The first-order chi connectivity index (χ1) is 13.5. The zero-order chi connectivity index (χ0) is 19.8. The molecule has 1 saturated heterocycles. The van der Waals surface area contributed by atoms with E-state index in [9.17, 15) is 14.7 Å². The number of hydrogen-bond acceptors (Lipinski definition) is 6. The van der Waals surface area contributed by atoms with Crippen LogP contribution in [0.15, 0.2) is 41.3 Å². The van der Waals surface area contributed by atoms with Crippen molar-refractivity contribution in [2.24, 2.45) is 0 Å². The van der Waals surface area contributed by atoms with E-state index in [1.165, 1.54) is 11.3 Å². The zero-order valence-electron chi connectivity index (χ0n) is 15.8. The lowest BCUT2D eigenvalue weighted by Crippen LogP contribution is -2.35. The number of benzene rings is 1. The SMILES string of the molecule is CN(C)CCN1C(=O)C(=O)/C(=C(\O)c2ccc3c(c2)CCO3)C1c1cccs1. The minimum atomic E-state index is -0.633. The summed E-state index contributed by atoms with van der Waals surface area (Å²) in [7, 11) is 3.84. The Morgan fingerprint density at radius 2 is 2.14 bits per heavy atom. The highest BCUT2D eigenvalue weighted by Crippen LogP contribution is 2.41. The molecule has 1 aromatic heterocycles. The number of Topliss-reactive ketones (excluding diaryl/α,β-unsaturated/α-hetero) is 1. The molecule has 1 amide bonds. The van der Waals surface area contributed by atoms with Crippen LogP contribution in [0.4, 0.5) is 0 Å². The maximum atomic E-state index is 12.9. The molecule has 3 heterocycles. The van der Waals surface area contributed by atoms with Crippen LogP contribution < -0.4 is 4.74 Å². The average molecular weight is 398 g/mol. The molecule has 1 fully saturated rings. The second-order valence-electron chi connectivity index (χ2n) is 7.23. The molecular formula is C21H22N2O4S. The van der Waals surface area contributed by atoms with Crippen molar-refractivity contribution < 1.29 is 19.4 Å². The third-order valence-electron chi connectivity index (χ3n) is 5.10. The van der Waals surface area contributed by atoms with Gasteiger partial charge >= 0.3 is 0 Å². The number of carbonyl (C=O) groups is 2. The number of ketones is 1. The number of carbonyl (C=O) groups excluding carboxylic acids is 2. The number of fused-ring (bicyclic) bond motifs is 1. The molecule has 0 radical (unpaired) electrons. The van der Waals surface area contributed by atoms with E-state index in [0.29, 0.717) is 25.3 Å². The van der Waals surface area contributed by atoms with Crippen LogP contribution in [-0.2, 0) is 16.0 Å². The molecule has 0 spiro atoms. The van der Waals surface area contributed by atoms with Gasteiger partial charge in [-0.05, 0) is 49.3 Å². The Hall–Kier alpha value is -2.64. The highest BCUT2D eigenvalue weighted by atomic mass is 32.1. The Bertz CT molecular complexity index is 949. The van der Waals surface area contributed by atoms with E-state index < -0.39 is 17.7 Å². The van der Waals surface area contributed by atoms with Crippen molar-refractivity contribution in [2.45, 2.75) is 12.5 Å². The molecule has 1 atom stereocenters. The van der Waals surface area contributed by atoms with Crippen LogP contribution in [0.5, 0.6) is 5.75 Å². The predicted octanol–water partition coefficient (Wildman–Crippen LogP) is 2.67. The van der Waals surface area contributed by atoms with Crippen LogP contribution in [0.1, 0.15) is 22.0 Å². The largest absolute Gasteiger partial charge is 0.507 e. The second-order valence-corrected chi connectivity index (χ2v) is 8.21. The smallest absolute Gasteiger partial charge is 0.295 e. The molecular weight excluding hydrogens is 376 g/mol. The van der Waals surface area contributed by atoms with Crippen LogP contribution >= 0.6 is 11.3 Å². The van der Waals surface area contributed by atoms with Gasteiger partial charge in [0.1, 0.15) is 11.5 Å². The van der Waals surface area contributed by atoms with Gasteiger partial charge in [-0.3, -0.25) is 9.59 Å². The Kier molecular flexibility index (Phi) is 4.95. The van der Waals surface area contributed by atoms with E-state index >= 15 is 0 Å². The lowest BCUT2D eigenvalue weighted by Gasteiger charge is -2.25. The van der Waals surface area contributed by atoms with Gasteiger partial charge in [0.25, 0.3) is 11.7 Å². The molecule has 6 nitrogen and oxygen atoms in total. The number of rotatable bonds is 5. The van der Waals surface area contributed by atoms with Crippen LogP contribution in [0, 0.1) is 0 Å². The quantitative estimate of drug-likeness (QED) is 0.476. The minimum Gasteiger partial charge on any atom is -0.507 e. The molecule has 1 N–H and O–H groups in total. The molecule has 7 heteroatoms. The van der Waals surface area contributed by atoms with Crippen molar-refractivity contribution >= 4 is 28.8 Å². The van der Waals surface area contributed by atoms with Gasteiger partial charge in [-0.25, -0.2) is 0 Å². The fourth-order valence-corrected chi connectivity index (χ4v) is 4.50. The monoisotopic (exact) mass is 398 g/mol. The first-order valence-corrected chi connectivity index (χ1v) is 10.1. The van der Waals surface area contributed by atoms with Crippen molar-refractivity contribution in [1.29, 1.82) is 0 Å². The molecule has 146 valence electrons. The normalized spacial score (nSPS) is 20.7. The van der Waals surface area contributed by atoms with Crippen LogP contribution in [-0.4, -0.2) is 60.4 Å². The summed E-state index contributed by atoms with van der Waals surface area (Å²) in [6.45, 7) is 1.66. The Morgan fingerprint density at radius 3 is 2.86 bits per heavy atom. The second kappa shape index (κ2) is 7.41. The summed E-state index contributed by atoms with van der Waals surface area (Å²) in [4.78, 5) is 30.0. The summed E-state index contributed by atoms with van der Waals surface area (Å²) in [6, 6.07) is 8.60. The van der Waals surface area contributed by atoms with Crippen molar-refractivity contribution in [3.05, 3.63) is 57.3 Å². The van der Waals surface area contributed by atoms with Gasteiger partial charge in [0.2, 0.25) is 0 Å². The first kappa shape index (κ1) is 18.7. The van der Waals surface area contributed by atoms with E-state index in [-0.39, 0.29) is 11.3 Å². The van der Waals surface area contributed by atoms with Gasteiger partial charge in [0.05, 0.1) is 18.2 Å². The Labute approximate surface area is 167 Å². The molecule has 1 aromatic carbocycles. The molecule has 1 unspecified atom stereocenters. The van der Waals surface area contributed by atoms with Crippen LogP contribution in [0.2, 0.25) is 0 Å². The molecule has 0 bridgehead atoms. The van der Waals surface area contributed by atoms with Gasteiger partial charge in [-0.15, -0.1) is 11.3 Å². The van der Waals surface area contributed by atoms with E-state index in [2.05, 4.69) is 0 Å². The summed E-state index contributed by atoms with van der Waals surface area (Å²) in [6.07, 6.45) is 0.766. The fraction of sp³-hybridized carbons (Fsp3) is 0.333. The fourth-order valence-electron chi connectivity index (χ4n) is 3.65. The summed E-state index contributed by atoms with van der Waals surface area (Å²) < 4.78 is 5.52. The molecule has 0 aliphatic carbocycles. The van der Waals surface area contributed by atoms with Crippen LogP contribution in [0.3, 0.4) is 0 Å². The van der Waals surface area contributed by atoms with Gasteiger partial charge in [-0.1, -0.05) is 6.07 Å². The van der Waals surface area contributed by atoms with Gasteiger partial charge in [0.15, 0.2) is 0 Å². The number of hydrogen-bond donors (Lipinski definition) is 1. The van der Waals surface area contributed by atoms with Crippen molar-refractivity contribution in [2.75, 3.05) is 33.8 Å². The maximum Gasteiger partial charge on any atom is 0.295 e. The number of aliphatic hydroxyl groups excluding tert-OH is 1. The average Bonchev–Trinajstić information content (AvgIpc) is 3.40. The zero-order valence-corrected chi connectivity index (χ0v) is 16.7. The van der Waals surface area contributed by atoms with Crippen LogP contribution in [0.25, 0.3) is 5.76 Å². The van der Waals surface area contributed by atoms with Gasteiger partial charge < -0.3 is 19.6 Å². The summed E-state index contributed by atoms with van der Waals surface area (Å²) in [5.74, 6) is -0.519. The summed E-state index contributed by atoms with van der Waals surface area (Å²) in [5.41, 5.74) is 1.69. The third-order valence-corrected chi connectivity index (χ3v) is 6.03. The van der Waals surface area contributed by atoms with Crippen molar-refractivity contribution in [1.82, 2.24) is 9.80 Å². The Morgan fingerprint density at radius 1 is 1.32 bits per heavy atom. The lowest BCUT2D eigenvalue weighted by molar-refractivity contribution is -0.140. The number of likely N-dealkylation sites (tertiary alicyclic amines) is 1. The highest BCUT2D eigenvalue weighted by molar-refractivity contribution is 7.10. The number of likely N-dealkylation sites (N-methyl/N-ethyl adjacent to an activating group) is 1.